The first-order valence-electron chi connectivity index (χ1n) is 9.87. The second kappa shape index (κ2) is 8.35. The van der Waals surface area contributed by atoms with Crippen molar-refractivity contribution in [2.24, 2.45) is 4.99 Å². The van der Waals surface area contributed by atoms with Crippen molar-refractivity contribution >= 4 is 17.5 Å². The molecule has 4 rings (SSSR count). The Morgan fingerprint density at radius 2 is 1.90 bits per heavy atom. The first kappa shape index (κ1) is 19.0. The SMILES string of the molecule is Cc1cc(C)n(COc2cccc(/C=C/C3=NCCN(C)c4ccccc43)c2)n1. The molecule has 0 atom stereocenters. The quantitative estimate of drug-likeness (QED) is 0.649. The normalized spacial score (nSPS) is 13.9. The number of benzene rings is 2. The molecule has 0 amide bonds. The van der Waals surface area contributed by atoms with E-state index in [9.17, 15) is 0 Å². The third-order valence-electron chi connectivity index (χ3n) is 5.06. The zero-order chi connectivity index (χ0) is 20.2. The van der Waals surface area contributed by atoms with E-state index in [0.717, 1.165) is 41.5 Å². The molecule has 3 aromatic rings. The molecule has 0 bridgehead atoms. The van der Waals surface area contributed by atoms with Gasteiger partial charge in [-0.2, -0.15) is 5.10 Å². The van der Waals surface area contributed by atoms with Gasteiger partial charge in [0.05, 0.1) is 18.0 Å². The summed E-state index contributed by atoms with van der Waals surface area (Å²) in [7, 11) is 2.12. The maximum Gasteiger partial charge on any atom is 0.181 e. The predicted octanol–water partition coefficient (Wildman–Crippen LogP) is 4.49. The number of hydrogen-bond donors (Lipinski definition) is 0. The molecular formula is C24H26N4O. The second-order valence-electron chi connectivity index (χ2n) is 7.31. The number of para-hydroxylation sites is 1. The predicted molar refractivity (Wildman–Crippen MR) is 119 cm³/mol. The van der Waals surface area contributed by atoms with Gasteiger partial charge in [-0.1, -0.05) is 36.4 Å². The van der Waals surface area contributed by atoms with Crippen LogP contribution in [0, 0.1) is 13.8 Å². The number of benzodiazepines with no additional fused rings is 1. The van der Waals surface area contributed by atoms with Gasteiger partial charge in [-0.15, -0.1) is 0 Å². The van der Waals surface area contributed by atoms with Gasteiger partial charge < -0.3 is 9.64 Å². The van der Waals surface area contributed by atoms with Crippen molar-refractivity contribution in [2.75, 3.05) is 25.0 Å². The van der Waals surface area contributed by atoms with Gasteiger partial charge in [0.15, 0.2) is 6.73 Å². The highest BCUT2D eigenvalue weighted by Gasteiger charge is 2.13. The number of anilines is 1. The molecule has 1 aliphatic rings. The van der Waals surface area contributed by atoms with E-state index in [1.807, 2.05) is 42.8 Å². The third kappa shape index (κ3) is 4.40. The van der Waals surface area contributed by atoms with Gasteiger partial charge in [-0.25, -0.2) is 4.68 Å². The number of fused-ring (bicyclic) bond motifs is 1. The van der Waals surface area contributed by atoms with Crippen LogP contribution in [0.15, 0.2) is 65.7 Å². The van der Waals surface area contributed by atoms with Crippen LogP contribution in [0.25, 0.3) is 6.08 Å². The van der Waals surface area contributed by atoms with Gasteiger partial charge in [-0.3, -0.25) is 4.99 Å². The first-order valence-corrected chi connectivity index (χ1v) is 9.87. The van der Waals surface area contributed by atoms with E-state index >= 15 is 0 Å². The lowest BCUT2D eigenvalue weighted by atomic mass is 10.1. The molecule has 1 aromatic heterocycles. The summed E-state index contributed by atoms with van der Waals surface area (Å²) in [4.78, 5) is 7.04. The number of hydrogen-bond acceptors (Lipinski definition) is 4. The highest BCUT2D eigenvalue weighted by molar-refractivity contribution is 6.14. The van der Waals surface area contributed by atoms with Crippen LogP contribution in [-0.4, -0.2) is 35.6 Å². The molecule has 2 aromatic carbocycles. The molecule has 5 heteroatoms. The third-order valence-corrected chi connectivity index (χ3v) is 5.06. The lowest BCUT2D eigenvalue weighted by Crippen LogP contribution is -2.20. The van der Waals surface area contributed by atoms with E-state index in [1.165, 1.54) is 11.3 Å². The van der Waals surface area contributed by atoms with Crippen molar-refractivity contribution in [2.45, 2.75) is 20.6 Å². The van der Waals surface area contributed by atoms with Gasteiger partial charge in [-0.05, 0) is 49.8 Å². The van der Waals surface area contributed by atoms with Crippen molar-refractivity contribution in [1.29, 1.82) is 0 Å². The number of allylic oxidation sites excluding steroid dienone is 1. The Morgan fingerprint density at radius 1 is 1.03 bits per heavy atom. The number of aliphatic imine (C=N–C) groups is 1. The maximum atomic E-state index is 5.94. The second-order valence-corrected chi connectivity index (χ2v) is 7.31. The van der Waals surface area contributed by atoms with Crippen LogP contribution in [0.2, 0.25) is 0 Å². The smallest absolute Gasteiger partial charge is 0.181 e. The molecule has 0 N–H and O–H groups in total. The van der Waals surface area contributed by atoms with Crippen LogP contribution >= 0.6 is 0 Å². The molecule has 0 radical (unpaired) electrons. The Labute approximate surface area is 172 Å². The fraction of sp³-hybridized carbons (Fsp3) is 0.250. The van der Waals surface area contributed by atoms with Gasteiger partial charge in [0.2, 0.25) is 0 Å². The molecule has 148 valence electrons. The minimum absolute atomic E-state index is 0.402. The van der Waals surface area contributed by atoms with Crippen molar-refractivity contribution in [3.8, 4) is 5.75 Å². The Bertz CT molecular complexity index is 1060. The Hall–Kier alpha value is -3.34. The largest absolute Gasteiger partial charge is 0.471 e. The number of aryl methyl sites for hydroxylation is 2. The first-order chi connectivity index (χ1) is 14.1. The van der Waals surface area contributed by atoms with Crippen LogP contribution in [0.3, 0.4) is 0 Å². The van der Waals surface area contributed by atoms with E-state index in [4.69, 9.17) is 9.73 Å². The molecule has 0 unspecified atom stereocenters. The molecule has 0 aliphatic carbocycles. The minimum Gasteiger partial charge on any atom is -0.471 e. The Kier molecular flexibility index (Phi) is 5.47. The lowest BCUT2D eigenvalue weighted by molar-refractivity contribution is 0.218. The highest BCUT2D eigenvalue weighted by atomic mass is 16.5. The van der Waals surface area contributed by atoms with Crippen molar-refractivity contribution in [3.05, 3.63) is 83.2 Å². The van der Waals surface area contributed by atoms with E-state index in [1.54, 1.807) is 0 Å². The number of aromatic nitrogens is 2. The summed E-state index contributed by atoms with van der Waals surface area (Å²) in [6, 6.07) is 18.6. The molecule has 0 fully saturated rings. The molecule has 0 saturated heterocycles. The van der Waals surface area contributed by atoms with Crippen LogP contribution in [0.5, 0.6) is 5.75 Å². The lowest BCUT2D eigenvalue weighted by Gasteiger charge is -2.18. The van der Waals surface area contributed by atoms with Crippen LogP contribution in [0.4, 0.5) is 5.69 Å². The van der Waals surface area contributed by atoms with E-state index in [0.29, 0.717) is 6.73 Å². The fourth-order valence-electron chi connectivity index (χ4n) is 3.52. The molecule has 2 heterocycles. The monoisotopic (exact) mass is 386 g/mol. The summed E-state index contributed by atoms with van der Waals surface area (Å²) in [6.07, 6.45) is 4.19. The number of ether oxygens (including phenoxy) is 1. The van der Waals surface area contributed by atoms with Gasteiger partial charge in [0, 0.05) is 30.5 Å². The summed E-state index contributed by atoms with van der Waals surface area (Å²) < 4.78 is 7.81. The van der Waals surface area contributed by atoms with Crippen LogP contribution in [-0.2, 0) is 6.73 Å². The Balaban J connectivity index is 1.50. The Morgan fingerprint density at radius 3 is 2.72 bits per heavy atom. The van der Waals surface area contributed by atoms with E-state index in [-0.39, 0.29) is 0 Å². The molecule has 5 nitrogen and oxygen atoms in total. The fourth-order valence-corrected chi connectivity index (χ4v) is 3.52. The maximum absolute atomic E-state index is 5.94. The number of likely N-dealkylation sites (N-methyl/N-ethyl adjacent to an activating group) is 1. The average molecular weight is 386 g/mol. The summed E-state index contributed by atoms with van der Waals surface area (Å²) in [5.74, 6) is 0.822. The highest BCUT2D eigenvalue weighted by Crippen LogP contribution is 2.23. The zero-order valence-electron chi connectivity index (χ0n) is 17.2. The molecule has 0 spiro atoms. The topological polar surface area (TPSA) is 42.6 Å². The standard InChI is InChI=1S/C24H26N4O/c1-18-15-19(2)28(26-18)17-29-21-8-6-7-20(16-21)11-12-23-22-9-4-5-10-24(22)27(3)14-13-25-23/h4-12,15-16H,13-14,17H2,1-3H3/b12-11+. The number of nitrogens with zero attached hydrogens (tertiary/aromatic N) is 4. The summed E-state index contributed by atoms with van der Waals surface area (Å²) in [5.41, 5.74) is 6.56. The molecule has 0 saturated carbocycles. The molecule has 29 heavy (non-hydrogen) atoms. The zero-order valence-corrected chi connectivity index (χ0v) is 17.2. The van der Waals surface area contributed by atoms with Crippen molar-refractivity contribution in [3.63, 3.8) is 0 Å². The van der Waals surface area contributed by atoms with Crippen molar-refractivity contribution < 1.29 is 4.74 Å². The molecule has 1 aliphatic heterocycles. The van der Waals surface area contributed by atoms with Crippen LogP contribution in [0.1, 0.15) is 22.5 Å². The van der Waals surface area contributed by atoms with Gasteiger partial charge >= 0.3 is 0 Å². The minimum atomic E-state index is 0.402. The van der Waals surface area contributed by atoms with Gasteiger partial charge in [0.25, 0.3) is 0 Å². The van der Waals surface area contributed by atoms with Crippen molar-refractivity contribution in [1.82, 2.24) is 9.78 Å². The van der Waals surface area contributed by atoms with Crippen LogP contribution < -0.4 is 9.64 Å². The van der Waals surface area contributed by atoms with E-state index in [2.05, 4.69) is 59.5 Å². The average Bonchev–Trinajstić information content (AvgIpc) is 2.96. The van der Waals surface area contributed by atoms with E-state index < -0.39 is 0 Å². The number of rotatable bonds is 5. The summed E-state index contributed by atoms with van der Waals surface area (Å²) >= 11 is 0. The molecular weight excluding hydrogens is 360 g/mol. The summed E-state index contributed by atoms with van der Waals surface area (Å²) in [5, 5.41) is 4.44. The van der Waals surface area contributed by atoms with Gasteiger partial charge in [0.1, 0.15) is 5.75 Å². The summed E-state index contributed by atoms with van der Waals surface area (Å²) in [6.45, 7) is 6.13.